The van der Waals surface area contributed by atoms with Crippen LogP contribution in [0.2, 0.25) is 0 Å². The standard InChI is InChI=1S/Ga.Hf.H2O.Zn.3H/h;;1H2;;;;. The molecule has 4 heteroatoms. The summed E-state index contributed by atoms with van der Waals surface area (Å²) in [6.07, 6.45) is 0. The molecule has 0 aliphatic rings. The first-order chi connectivity index (χ1) is 0. The second-order valence-electron chi connectivity index (χ2n) is 0. The first-order valence-electron chi connectivity index (χ1n) is 0. The van der Waals surface area contributed by atoms with Crippen molar-refractivity contribution in [3.05, 3.63) is 0 Å². The Hall–Kier alpha value is 2.09. The Morgan fingerprint density at radius 3 is 1.00 bits per heavy atom. The molecular weight excluding hydrogens is 330 g/mol. The summed E-state index contributed by atoms with van der Waals surface area (Å²) in [4.78, 5) is 0. The predicted octanol–water partition coefficient (Wildman–Crippen LogP) is -2.01. The fourth-order valence-corrected chi connectivity index (χ4v) is 0. The van der Waals surface area contributed by atoms with E-state index in [4.69, 9.17) is 0 Å². The van der Waals surface area contributed by atoms with E-state index in [1.54, 1.807) is 0 Å². The van der Waals surface area contributed by atoms with Gasteiger partial charge in [0.05, 0.1) is 0 Å². The molecule has 0 unspecified atom stereocenters. The van der Waals surface area contributed by atoms with Crippen molar-refractivity contribution in [2.24, 2.45) is 0 Å². The molecular formula is H5GaHfOZn. The Morgan fingerprint density at radius 1 is 1.00 bits per heavy atom. The SMILES string of the molecule is O.[GaH3].[Hf].[Zn]. The van der Waals surface area contributed by atoms with Gasteiger partial charge in [0.1, 0.15) is 0 Å². The third-order valence-corrected chi connectivity index (χ3v) is 0. The van der Waals surface area contributed by atoms with Gasteiger partial charge in [0.2, 0.25) is 0 Å². The molecule has 0 aromatic rings. The molecule has 0 aliphatic carbocycles. The Labute approximate surface area is 69.8 Å². The molecule has 0 saturated heterocycles. The van der Waals surface area contributed by atoms with Crippen LogP contribution in [-0.4, -0.2) is 25.3 Å². The molecule has 1 nitrogen and oxygen atoms in total. The van der Waals surface area contributed by atoms with Gasteiger partial charge in [0, 0.05) is 45.3 Å². The van der Waals surface area contributed by atoms with Crippen molar-refractivity contribution in [1.29, 1.82) is 0 Å². The van der Waals surface area contributed by atoms with Gasteiger partial charge in [0.25, 0.3) is 0 Å². The zero-order valence-corrected chi connectivity index (χ0v) is 8.27. The van der Waals surface area contributed by atoms with Crippen molar-refractivity contribution in [3.8, 4) is 0 Å². The van der Waals surface area contributed by atoms with Gasteiger partial charge >= 0.3 is 19.8 Å². The monoisotopic (exact) mass is 334 g/mol. The quantitative estimate of drug-likeness (QED) is 0.459. The Bertz CT molecular complexity index is 8.00. The molecule has 0 saturated carbocycles. The Morgan fingerprint density at radius 2 is 1.00 bits per heavy atom. The number of hydrogen-bond acceptors (Lipinski definition) is 0. The molecule has 0 atom stereocenters. The van der Waals surface area contributed by atoms with Crippen molar-refractivity contribution in [2.75, 3.05) is 0 Å². The maximum atomic E-state index is 0. The van der Waals surface area contributed by atoms with Crippen molar-refractivity contribution < 1.29 is 50.8 Å². The maximum Gasteiger partial charge on any atom is 0 e. The van der Waals surface area contributed by atoms with Crippen LogP contribution >= 0.6 is 0 Å². The first kappa shape index (κ1) is 36.1. The summed E-state index contributed by atoms with van der Waals surface area (Å²) in [7, 11) is 0. The molecule has 20 valence electrons. The van der Waals surface area contributed by atoms with Gasteiger partial charge in [-0.3, -0.25) is 0 Å². The first-order valence-corrected chi connectivity index (χ1v) is 0. The van der Waals surface area contributed by atoms with Gasteiger partial charge in [-0.05, 0) is 0 Å². The molecule has 0 rings (SSSR count). The van der Waals surface area contributed by atoms with Gasteiger partial charge in [-0.15, -0.1) is 0 Å². The molecule has 0 bridgehead atoms. The molecule has 4 heavy (non-hydrogen) atoms. The van der Waals surface area contributed by atoms with E-state index in [0.29, 0.717) is 0 Å². The minimum Gasteiger partial charge on any atom is 0 e. The molecule has 0 aliphatic heterocycles. The zero-order valence-electron chi connectivity index (χ0n) is 1.71. The molecule has 0 amide bonds. The average molecular weight is 335 g/mol. The maximum absolute atomic E-state index is 0. The van der Waals surface area contributed by atoms with Crippen LogP contribution in [0.3, 0.4) is 0 Å². The van der Waals surface area contributed by atoms with Crippen LogP contribution in [0.4, 0.5) is 0 Å². The van der Waals surface area contributed by atoms with E-state index in [1.807, 2.05) is 0 Å². The van der Waals surface area contributed by atoms with E-state index in [2.05, 4.69) is 0 Å². The van der Waals surface area contributed by atoms with E-state index in [9.17, 15) is 0 Å². The smallest absolute Gasteiger partial charge is 0 e. The van der Waals surface area contributed by atoms with E-state index < -0.39 is 0 Å². The van der Waals surface area contributed by atoms with Crippen LogP contribution in [0.15, 0.2) is 0 Å². The second-order valence-corrected chi connectivity index (χ2v) is 0. The van der Waals surface area contributed by atoms with Crippen LogP contribution < -0.4 is 0 Å². The summed E-state index contributed by atoms with van der Waals surface area (Å²) in [6.45, 7) is 0. The molecule has 0 radical (unpaired) electrons. The normalized spacial score (nSPS) is 0. The van der Waals surface area contributed by atoms with Gasteiger partial charge in [0.15, 0.2) is 0 Å². The van der Waals surface area contributed by atoms with E-state index in [-0.39, 0.29) is 70.6 Å². The molecule has 0 aromatic carbocycles. The van der Waals surface area contributed by atoms with Crippen molar-refractivity contribution in [3.63, 3.8) is 0 Å². The van der Waals surface area contributed by atoms with E-state index >= 15 is 0 Å². The average Bonchev–Trinajstić information content (AvgIpc) is 0. The van der Waals surface area contributed by atoms with Gasteiger partial charge < -0.3 is 5.48 Å². The topological polar surface area (TPSA) is 31.5 Å². The fourth-order valence-electron chi connectivity index (χ4n) is 0. The largest absolute Gasteiger partial charge is 0 e. The minimum absolute atomic E-state index is 0. The number of hydrogen-bond donors (Lipinski definition) is 0. The Kier molecular flexibility index (Phi) is 176. The Balaban J connectivity index is 0. The fraction of sp³-hybridized carbons (Fsp3) is 0. The van der Waals surface area contributed by atoms with Crippen molar-refractivity contribution in [2.45, 2.75) is 0 Å². The van der Waals surface area contributed by atoms with Crippen molar-refractivity contribution in [1.82, 2.24) is 0 Å². The second kappa shape index (κ2) is 19.5. The summed E-state index contributed by atoms with van der Waals surface area (Å²) < 4.78 is 0. The van der Waals surface area contributed by atoms with Crippen molar-refractivity contribution >= 4 is 19.8 Å². The third-order valence-electron chi connectivity index (χ3n) is 0. The predicted molar refractivity (Wildman–Crippen MR) is 13.6 cm³/mol. The summed E-state index contributed by atoms with van der Waals surface area (Å²) in [5.41, 5.74) is 0. The van der Waals surface area contributed by atoms with Crippen LogP contribution in [0, 0.1) is 0 Å². The summed E-state index contributed by atoms with van der Waals surface area (Å²) in [6, 6.07) is 0. The molecule has 0 heterocycles. The van der Waals surface area contributed by atoms with E-state index in [1.165, 1.54) is 0 Å². The zero-order chi connectivity index (χ0) is 0. The van der Waals surface area contributed by atoms with Crippen LogP contribution in [0.25, 0.3) is 0 Å². The van der Waals surface area contributed by atoms with Gasteiger partial charge in [-0.2, -0.15) is 0 Å². The van der Waals surface area contributed by atoms with Crippen LogP contribution in [0.5, 0.6) is 0 Å². The summed E-state index contributed by atoms with van der Waals surface area (Å²) in [5.74, 6) is 0. The van der Waals surface area contributed by atoms with Crippen LogP contribution in [-0.2, 0) is 45.3 Å². The summed E-state index contributed by atoms with van der Waals surface area (Å²) >= 11 is 0. The molecule has 0 spiro atoms. The van der Waals surface area contributed by atoms with Crippen LogP contribution in [0.1, 0.15) is 0 Å². The van der Waals surface area contributed by atoms with E-state index in [0.717, 1.165) is 0 Å². The molecule has 0 fully saturated rings. The summed E-state index contributed by atoms with van der Waals surface area (Å²) in [5, 5.41) is 0. The molecule has 0 aromatic heterocycles. The molecule has 2 N–H and O–H groups in total. The third kappa shape index (κ3) is 8.94. The van der Waals surface area contributed by atoms with Gasteiger partial charge in [-0.25, -0.2) is 0 Å². The number of rotatable bonds is 0. The minimum atomic E-state index is 0. The van der Waals surface area contributed by atoms with Gasteiger partial charge in [-0.1, -0.05) is 0 Å².